The van der Waals surface area contributed by atoms with Crippen molar-refractivity contribution in [1.82, 2.24) is 10.3 Å². The summed E-state index contributed by atoms with van der Waals surface area (Å²) in [6.45, 7) is 7.22. The number of amides is 1. The van der Waals surface area contributed by atoms with Gasteiger partial charge in [-0.3, -0.25) is 4.79 Å². The lowest BCUT2D eigenvalue weighted by molar-refractivity contribution is -0.688. The molecule has 0 saturated carbocycles. The minimum absolute atomic E-state index is 0.0222. The van der Waals surface area contributed by atoms with Crippen molar-refractivity contribution >= 4 is 16.8 Å². The Morgan fingerprint density at radius 3 is 2.92 bits per heavy atom. The summed E-state index contributed by atoms with van der Waals surface area (Å²) >= 11 is 0. The molecule has 1 aromatic heterocycles. The van der Waals surface area contributed by atoms with Crippen LogP contribution in [0.2, 0.25) is 0 Å². The number of ether oxygens (including phenoxy) is 1. The fourth-order valence-electron chi connectivity index (χ4n) is 2.52. The van der Waals surface area contributed by atoms with E-state index in [2.05, 4.69) is 29.5 Å². The summed E-state index contributed by atoms with van der Waals surface area (Å²) in [5, 5.41) is 15.9. The molecule has 6 nitrogen and oxygen atoms in total. The first-order chi connectivity index (χ1) is 11.5. The molecular formula is C18H28N3O3+. The number of hydrogen-bond acceptors (Lipinski definition) is 3. The van der Waals surface area contributed by atoms with Crippen LogP contribution in [0, 0.1) is 0 Å². The van der Waals surface area contributed by atoms with Gasteiger partial charge in [-0.2, -0.15) is 0 Å². The summed E-state index contributed by atoms with van der Waals surface area (Å²) in [5.74, 6) is 0.720. The van der Waals surface area contributed by atoms with Crippen LogP contribution < -0.4 is 15.4 Å². The predicted octanol–water partition coefficient (Wildman–Crippen LogP) is 0.558. The number of aromatic nitrogens is 1. The summed E-state index contributed by atoms with van der Waals surface area (Å²) < 4.78 is 5.72. The van der Waals surface area contributed by atoms with Crippen molar-refractivity contribution in [1.29, 1.82) is 0 Å². The highest BCUT2D eigenvalue weighted by Crippen LogP contribution is 2.24. The lowest BCUT2D eigenvalue weighted by Crippen LogP contribution is -2.90. The van der Waals surface area contributed by atoms with Gasteiger partial charge in [0.25, 0.3) is 0 Å². The van der Waals surface area contributed by atoms with Gasteiger partial charge >= 0.3 is 0 Å². The van der Waals surface area contributed by atoms with Crippen LogP contribution in [0.5, 0.6) is 5.75 Å². The fourth-order valence-corrected chi connectivity index (χ4v) is 2.52. The Labute approximate surface area is 142 Å². The summed E-state index contributed by atoms with van der Waals surface area (Å²) in [7, 11) is 0. The zero-order valence-electron chi connectivity index (χ0n) is 14.6. The van der Waals surface area contributed by atoms with Crippen molar-refractivity contribution < 1.29 is 20.0 Å². The Kier molecular flexibility index (Phi) is 6.63. The molecule has 0 saturated heterocycles. The van der Waals surface area contributed by atoms with E-state index in [0.717, 1.165) is 28.6 Å². The maximum absolute atomic E-state index is 11.0. The molecule has 0 aliphatic heterocycles. The number of benzene rings is 1. The van der Waals surface area contributed by atoms with Gasteiger partial charge < -0.3 is 25.5 Å². The highest BCUT2D eigenvalue weighted by Gasteiger charge is 2.10. The van der Waals surface area contributed by atoms with Crippen LogP contribution in [-0.4, -0.2) is 47.8 Å². The maximum atomic E-state index is 11.0. The number of carbonyl (C=O) groups is 1. The smallest absolute Gasteiger partial charge is 0.216 e. The summed E-state index contributed by atoms with van der Waals surface area (Å²) in [5.41, 5.74) is 2.17. The maximum Gasteiger partial charge on any atom is 0.216 e. The van der Waals surface area contributed by atoms with Crippen molar-refractivity contribution in [2.45, 2.75) is 39.3 Å². The van der Waals surface area contributed by atoms with Gasteiger partial charge in [0.15, 0.2) is 0 Å². The highest BCUT2D eigenvalue weighted by molar-refractivity contribution is 5.84. The van der Waals surface area contributed by atoms with Gasteiger partial charge in [0, 0.05) is 30.6 Å². The Morgan fingerprint density at radius 2 is 2.21 bits per heavy atom. The van der Waals surface area contributed by atoms with Crippen LogP contribution >= 0.6 is 0 Å². The first kappa shape index (κ1) is 18.3. The average Bonchev–Trinajstić information content (AvgIpc) is 2.93. The van der Waals surface area contributed by atoms with Crippen LogP contribution in [0.25, 0.3) is 10.9 Å². The van der Waals surface area contributed by atoms with Gasteiger partial charge in [0.1, 0.15) is 25.0 Å². The number of fused-ring (bicyclic) bond motifs is 1. The Hall–Kier alpha value is -2.05. The van der Waals surface area contributed by atoms with Gasteiger partial charge in [-0.25, -0.2) is 0 Å². The normalized spacial score (nSPS) is 12.5. The van der Waals surface area contributed by atoms with E-state index in [4.69, 9.17) is 4.74 Å². The number of hydrogen-bond donors (Lipinski definition) is 4. The van der Waals surface area contributed by atoms with Crippen LogP contribution in [0.1, 0.15) is 26.3 Å². The second-order valence-electron chi connectivity index (χ2n) is 6.43. The van der Waals surface area contributed by atoms with Crippen LogP contribution in [-0.2, 0) is 11.2 Å². The summed E-state index contributed by atoms with van der Waals surface area (Å²) in [6.07, 6.45) is 2.23. The Bertz CT molecular complexity index is 667. The minimum Gasteiger partial charge on any atom is -0.491 e. The number of aliphatic hydroxyl groups excluding tert-OH is 1. The molecular weight excluding hydrogens is 306 g/mol. The van der Waals surface area contributed by atoms with E-state index in [1.807, 2.05) is 24.4 Å². The Morgan fingerprint density at radius 1 is 1.42 bits per heavy atom. The molecule has 6 heteroatoms. The first-order valence-electron chi connectivity index (χ1n) is 8.44. The second-order valence-corrected chi connectivity index (χ2v) is 6.43. The molecule has 0 aliphatic rings. The summed E-state index contributed by atoms with van der Waals surface area (Å²) in [4.78, 5) is 14.2. The molecule has 24 heavy (non-hydrogen) atoms. The highest BCUT2D eigenvalue weighted by atomic mass is 16.5. The molecule has 1 atom stereocenters. The van der Waals surface area contributed by atoms with Gasteiger partial charge in [0.2, 0.25) is 5.91 Å². The summed E-state index contributed by atoms with van der Waals surface area (Å²) in [6, 6.07) is 6.31. The van der Waals surface area contributed by atoms with E-state index in [1.165, 1.54) is 6.92 Å². The third-order valence-electron chi connectivity index (χ3n) is 3.83. The molecule has 0 fully saturated rings. The second kappa shape index (κ2) is 8.70. The van der Waals surface area contributed by atoms with Crippen molar-refractivity contribution in [2.75, 3.05) is 19.7 Å². The van der Waals surface area contributed by atoms with Gasteiger partial charge in [-0.15, -0.1) is 0 Å². The van der Waals surface area contributed by atoms with Crippen molar-refractivity contribution in [3.8, 4) is 5.75 Å². The molecule has 1 unspecified atom stereocenters. The molecule has 132 valence electrons. The number of carbonyl (C=O) groups excluding carboxylic acids is 1. The first-order valence-corrected chi connectivity index (χ1v) is 8.44. The molecule has 5 N–H and O–H groups in total. The molecule has 1 heterocycles. The van der Waals surface area contributed by atoms with Crippen molar-refractivity contribution in [3.63, 3.8) is 0 Å². The number of aromatic amines is 1. The zero-order chi connectivity index (χ0) is 17.5. The number of nitrogens with one attached hydrogen (secondary N) is 2. The Balaban J connectivity index is 1.95. The zero-order valence-corrected chi connectivity index (χ0v) is 14.6. The number of nitrogens with two attached hydrogens (primary N) is 1. The number of quaternary nitrogens is 1. The molecule has 0 bridgehead atoms. The van der Waals surface area contributed by atoms with E-state index in [1.54, 1.807) is 0 Å². The van der Waals surface area contributed by atoms with E-state index < -0.39 is 6.10 Å². The number of rotatable bonds is 9. The lowest BCUT2D eigenvalue weighted by atomic mass is 10.1. The van der Waals surface area contributed by atoms with Crippen LogP contribution in [0.3, 0.4) is 0 Å². The number of H-pyrrole nitrogens is 1. The minimum atomic E-state index is -0.492. The van der Waals surface area contributed by atoms with Gasteiger partial charge in [-0.05, 0) is 44.0 Å². The largest absolute Gasteiger partial charge is 0.491 e. The van der Waals surface area contributed by atoms with E-state index in [-0.39, 0.29) is 12.5 Å². The fraction of sp³-hybridized carbons (Fsp3) is 0.500. The topological polar surface area (TPSA) is 91.0 Å². The van der Waals surface area contributed by atoms with Crippen LogP contribution in [0.15, 0.2) is 24.4 Å². The predicted molar refractivity (Wildman–Crippen MR) is 94.1 cm³/mol. The quantitative estimate of drug-likeness (QED) is 0.540. The van der Waals surface area contributed by atoms with E-state index >= 15 is 0 Å². The molecule has 1 aromatic carbocycles. The molecule has 1 amide bonds. The lowest BCUT2D eigenvalue weighted by Gasteiger charge is -2.13. The van der Waals surface area contributed by atoms with Gasteiger partial charge in [0.05, 0.1) is 6.04 Å². The third-order valence-corrected chi connectivity index (χ3v) is 3.83. The standard InChI is InChI=1S/C18H27N3O3/c1-12(2)20-10-15(23)11-24-16-4-5-18-17(8-16)14(9-21-18)6-7-19-13(3)22/h4-5,8-9,12,15,20-21,23H,6-7,10-11H2,1-3H3,(H,19,22)/p+1. The molecule has 2 aromatic rings. The van der Waals surface area contributed by atoms with Crippen LogP contribution in [0.4, 0.5) is 0 Å². The average molecular weight is 334 g/mol. The van der Waals surface area contributed by atoms with Crippen molar-refractivity contribution in [3.05, 3.63) is 30.0 Å². The monoisotopic (exact) mass is 334 g/mol. The molecule has 0 aliphatic carbocycles. The van der Waals surface area contributed by atoms with Crippen molar-refractivity contribution in [2.24, 2.45) is 0 Å². The third kappa shape index (κ3) is 5.54. The molecule has 0 spiro atoms. The van der Waals surface area contributed by atoms with E-state index in [9.17, 15) is 9.90 Å². The van der Waals surface area contributed by atoms with E-state index in [0.29, 0.717) is 19.1 Å². The van der Waals surface area contributed by atoms with Gasteiger partial charge in [-0.1, -0.05) is 0 Å². The molecule has 2 rings (SSSR count). The number of aliphatic hydroxyl groups is 1. The molecule has 0 radical (unpaired) electrons. The SMILES string of the molecule is CC(=O)NCCc1c[nH]c2ccc(OCC(O)C[NH2+]C(C)C)cc12.